The molecular formula is C39H73NO. The van der Waals surface area contributed by atoms with E-state index in [0.29, 0.717) is 6.10 Å². The first-order valence-electron chi connectivity index (χ1n) is 18.3. The van der Waals surface area contributed by atoms with E-state index in [2.05, 4.69) is 52.0 Å². The number of hydrogen-bond donors (Lipinski definition) is 0. The molecule has 0 aromatic rings. The Morgan fingerprint density at radius 3 is 1.68 bits per heavy atom. The second-order valence-corrected chi connectivity index (χ2v) is 13.6. The zero-order chi connectivity index (χ0) is 30.0. The maximum absolute atomic E-state index is 5.38. The molecule has 3 atom stereocenters. The van der Waals surface area contributed by atoms with Crippen molar-refractivity contribution >= 4 is 0 Å². The summed E-state index contributed by atoms with van der Waals surface area (Å²) >= 11 is 0. The van der Waals surface area contributed by atoms with Crippen molar-refractivity contribution in [2.45, 2.75) is 181 Å². The van der Waals surface area contributed by atoms with E-state index >= 15 is 0 Å². The number of fused-ring (bicyclic) bond motifs is 1. The minimum atomic E-state index is 0.375. The third-order valence-electron chi connectivity index (χ3n) is 9.39. The highest BCUT2D eigenvalue weighted by molar-refractivity contribution is 5.25. The van der Waals surface area contributed by atoms with Crippen LogP contribution in [0, 0.1) is 11.8 Å². The van der Waals surface area contributed by atoms with Crippen LogP contribution in [-0.2, 0) is 4.74 Å². The van der Waals surface area contributed by atoms with Crippen LogP contribution in [0.2, 0.25) is 0 Å². The first-order valence-corrected chi connectivity index (χ1v) is 18.3. The van der Waals surface area contributed by atoms with Gasteiger partial charge in [0, 0.05) is 0 Å². The molecule has 0 aliphatic heterocycles. The fraction of sp³-hybridized carbons (Fsp3) is 0.846. The molecule has 2 aliphatic rings. The summed E-state index contributed by atoms with van der Waals surface area (Å²) in [5.74, 6) is 1.71. The van der Waals surface area contributed by atoms with Crippen molar-refractivity contribution in [2.24, 2.45) is 11.8 Å². The Bertz CT molecular complexity index is 652. The van der Waals surface area contributed by atoms with E-state index in [4.69, 9.17) is 4.74 Å². The van der Waals surface area contributed by atoms with Gasteiger partial charge in [0.1, 0.15) is 6.10 Å². The van der Waals surface area contributed by atoms with Gasteiger partial charge in [0.05, 0.1) is 6.26 Å². The standard InChI is InChI=1S/C28H57N.C11H16O/c1-5-7-9-11-13-14-16-20-24-28(3)25-21-17-15-19-23-27-29(4)26-22-18-12-10-8-6-2;1-3-12-11-7-9-6-8(2)4-5-10(9)11/h3,5-27H2,1-2,4H3;3,5,8-9,11H,1,4,6-7H2,2H3. The summed E-state index contributed by atoms with van der Waals surface area (Å²) in [4.78, 5) is 2.55. The molecule has 0 heterocycles. The molecule has 0 N–H and O–H groups in total. The number of ether oxygens (including phenoxy) is 1. The van der Waals surface area contributed by atoms with Gasteiger partial charge >= 0.3 is 0 Å². The molecule has 0 spiro atoms. The number of unbranched alkanes of at least 4 members (excludes halogenated alkanes) is 16. The summed E-state index contributed by atoms with van der Waals surface area (Å²) in [5, 5.41) is 0. The molecule has 0 aromatic carbocycles. The van der Waals surface area contributed by atoms with E-state index in [9.17, 15) is 0 Å². The Morgan fingerprint density at radius 1 is 0.756 bits per heavy atom. The Hall–Kier alpha value is -1.02. The molecule has 0 saturated heterocycles. The SMILES string of the molecule is C=C(CCCCCCCCCC)CCCCCCCN(C)CCCCCCCC.C=COC1CC2CC(C)CC=C21. The molecule has 0 radical (unpaired) electrons. The number of hydrogen-bond acceptors (Lipinski definition) is 2. The van der Waals surface area contributed by atoms with Crippen LogP contribution < -0.4 is 0 Å². The second-order valence-electron chi connectivity index (χ2n) is 13.6. The lowest BCUT2D eigenvalue weighted by Crippen LogP contribution is -2.36. The van der Waals surface area contributed by atoms with E-state index in [1.807, 2.05) is 0 Å². The number of allylic oxidation sites excluding steroid dienone is 2. The molecule has 2 nitrogen and oxygen atoms in total. The van der Waals surface area contributed by atoms with Gasteiger partial charge in [-0.15, -0.1) is 0 Å². The minimum absolute atomic E-state index is 0.375. The Labute approximate surface area is 258 Å². The molecule has 41 heavy (non-hydrogen) atoms. The highest BCUT2D eigenvalue weighted by Gasteiger charge is 2.38. The van der Waals surface area contributed by atoms with Gasteiger partial charge in [-0.25, -0.2) is 0 Å². The fourth-order valence-electron chi connectivity index (χ4n) is 6.53. The Balaban J connectivity index is 0.000000570. The van der Waals surface area contributed by atoms with Crippen LogP contribution in [0.25, 0.3) is 0 Å². The molecule has 2 heteroatoms. The van der Waals surface area contributed by atoms with E-state index in [0.717, 1.165) is 11.8 Å². The van der Waals surface area contributed by atoms with Gasteiger partial charge < -0.3 is 9.64 Å². The lowest BCUT2D eigenvalue weighted by atomic mass is 9.68. The average molecular weight is 572 g/mol. The third kappa shape index (κ3) is 20.5. The molecule has 0 aromatic heterocycles. The zero-order valence-electron chi connectivity index (χ0n) is 28.5. The van der Waals surface area contributed by atoms with Gasteiger partial charge in [-0.1, -0.05) is 142 Å². The molecule has 2 aliphatic carbocycles. The molecule has 1 saturated carbocycles. The number of rotatable bonds is 26. The van der Waals surface area contributed by atoms with Crippen LogP contribution in [0.3, 0.4) is 0 Å². The van der Waals surface area contributed by atoms with Crippen LogP contribution in [0.4, 0.5) is 0 Å². The van der Waals surface area contributed by atoms with Gasteiger partial charge in [-0.3, -0.25) is 0 Å². The predicted molar refractivity (Wildman–Crippen MR) is 185 cm³/mol. The first-order chi connectivity index (χ1) is 20.0. The van der Waals surface area contributed by atoms with Crippen molar-refractivity contribution in [1.29, 1.82) is 0 Å². The maximum Gasteiger partial charge on any atom is 0.120 e. The molecule has 0 amide bonds. The molecule has 3 unspecified atom stereocenters. The molecule has 240 valence electrons. The van der Waals surface area contributed by atoms with Gasteiger partial charge in [-0.2, -0.15) is 0 Å². The average Bonchev–Trinajstić information content (AvgIpc) is 2.95. The number of nitrogens with zero attached hydrogens (tertiary/aromatic N) is 1. The Kier molecular flexibility index (Phi) is 24.7. The summed E-state index contributed by atoms with van der Waals surface area (Å²) < 4.78 is 5.38. The lowest BCUT2D eigenvalue weighted by Gasteiger charge is -2.42. The van der Waals surface area contributed by atoms with Crippen LogP contribution in [0.15, 0.2) is 36.6 Å². The quantitative estimate of drug-likeness (QED) is 0.0581. The summed E-state index contributed by atoms with van der Waals surface area (Å²) in [5.41, 5.74) is 3.04. The Morgan fingerprint density at radius 2 is 1.22 bits per heavy atom. The minimum Gasteiger partial charge on any atom is -0.494 e. The molecule has 0 bridgehead atoms. The van der Waals surface area contributed by atoms with Crippen LogP contribution in [0.1, 0.15) is 175 Å². The molecular weight excluding hydrogens is 498 g/mol. The first kappa shape index (κ1) is 38.0. The monoisotopic (exact) mass is 572 g/mol. The lowest BCUT2D eigenvalue weighted by molar-refractivity contribution is 0.0788. The second kappa shape index (κ2) is 26.6. The third-order valence-corrected chi connectivity index (χ3v) is 9.39. The van der Waals surface area contributed by atoms with Crippen molar-refractivity contribution in [3.63, 3.8) is 0 Å². The van der Waals surface area contributed by atoms with Crippen molar-refractivity contribution < 1.29 is 4.74 Å². The topological polar surface area (TPSA) is 12.5 Å². The predicted octanol–water partition coefficient (Wildman–Crippen LogP) is 12.6. The van der Waals surface area contributed by atoms with E-state index in [1.165, 1.54) is 178 Å². The van der Waals surface area contributed by atoms with Crippen molar-refractivity contribution in [1.82, 2.24) is 4.90 Å². The fourth-order valence-corrected chi connectivity index (χ4v) is 6.53. The van der Waals surface area contributed by atoms with Crippen LogP contribution in [-0.4, -0.2) is 31.1 Å². The van der Waals surface area contributed by atoms with Crippen molar-refractivity contribution in [3.8, 4) is 0 Å². The van der Waals surface area contributed by atoms with Gasteiger partial charge in [0.25, 0.3) is 0 Å². The van der Waals surface area contributed by atoms with E-state index in [-0.39, 0.29) is 0 Å². The largest absolute Gasteiger partial charge is 0.494 e. The van der Waals surface area contributed by atoms with Crippen molar-refractivity contribution in [3.05, 3.63) is 36.6 Å². The highest BCUT2D eigenvalue weighted by atomic mass is 16.5. The zero-order valence-corrected chi connectivity index (χ0v) is 28.5. The van der Waals surface area contributed by atoms with E-state index in [1.54, 1.807) is 6.26 Å². The van der Waals surface area contributed by atoms with Crippen molar-refractivity contribution in [2.75, 3.05) is 20.1 Å². The maximum atomic E-state index is 5.38. The summed E-state index contributed by atoms with van der Waals surface area (Å²) in [7, 11) is 2.31. The smallest absolute Gasteiger partial charge is 0.120 e. The highest BCUT2D eigenvalue weighted by Crippen LogP contribution is 2.44. The van der Waals surface area contributed by atoms with Gasteiger partial charge in [0.2, 0.25) is 0 Å². The summed E-state index contributed by atoms with van der Waals surface area (Å²) in [6, 6.07) is 0. The van der Waals surface area contributed by atoms with Crippen LogP contribution in [0.5, 0.6) is 0 Å². The molecule has 1 fully saturated rings. The normalized spacial score (nSPS) is 19.5. The van der Waals surface area contributed by atoms with Gasteiger partial charge in [0.15, 0.2) is 0 Å². The molecule has 2 rings (SSSR count). The summed E-state index contributed by atoms with van der Waals surface area (Å²) in [6.45, 7) is 17.4. The summed E-state index contributed by atoms with van der Waals surface area (Å²) in [6.07, 6.45) is 37.4. The van der Waals surface area contributed by atoms with E-state index < -0.39 is 0 Å². The van der Waals surface area contributed by atoms with Gasteiger partial charge in [-0.05, 0) is 95.3 Å². The van der Waals surface area contributed by atoms with Crippen LogP contribution >= 0.6 is 0 Å².